The second-order valence-electron chi connectivity index (χ2n) is 3.95. The molecule has 0 aromatic carbocycles. The number of alkyl halides is 1. The Morgan fingerprint density at radius 3 is 1.57 bits per heavy atom. The first-order valence-corrected chi connectivity index (χ1v) is 6.08. The summed E-state index contributed by atoms with van der Waals surface area (Å²) in [5, 5.41) is 0. The summed E-state index contributed by atoms with van der Waals surface area (Å²) in [5.74, 6) is 0. The van der Waals surface area contributed by atoms with Gasteiger partial charge in [-0.25, -0.2) is 0 Å². The highest BCUT2D eigenvalue weighted by Gasteiger charge is 1.91. The molecule has 0 aromatic rings. The Balaban J connectivity index is 2.81. The van der Waals surface area contributed by atoms with Crippen LogP contribution in [0.15, 0.2) is 12.7 Å². The molecule has 1 heteroatoms. The highest BCUT2D eigenvalue weighted by atomic mass is 19.1. The van der Waals surface area contributed by atoms with Gasteiger partial charge in [0.25, 0.3) is 0 Å². The molecule has 0 heterocycles. The minimum Gasteiger partial charge on any atom is -0.251 e. The van der Waals surface area contributed by atoms with Crippen molar-refractivity contribution in [2.75, 3.05) is 6.67 Å². The van der Waals surface area contributed by atoms with E-state index in [4.69, 9.17) is 0 Å². The van der Waals surface area contributed by atoms with Crippen molar-refractivity contribution in [1.82, 2.24) is 0 Å². The van der Waals surface area contributed by atoms with Crippen LogP contribution in [0.3, 0.4) is 0 Å². The molecule has 0 aliphatic rings. The lowest BCUT2D eigenvalue weighted by Gasteiger charge is -2.00. The summed E-state index contributed by atoms with van der Waals surface area (Å²) in [6.07, 6.45) is 14.2. The molecule has 0 amide bonds. The van der Waals surface area contributed by atoms with Crippen LogP contribution in [0, 0.1) is 0 Å². The van der Waals surface area contributed by atoms with Crippen molar-refractivity contribution in [1.29, 1.82) is 0 Å². The van der Waals surface area contributed by atoms with Gasteiger partial charge in [0.05, 0.1) is 6.67 Å². The van der Waals surface area contributed by atoms with Crippen molar-refractivity contribution in [2.45, 2.75) is 64.2 Å². The van der Waals surface area contributed by atoms with Crippen LogP contribution in [-0.2, 0) is 0 Å². The van der Waals surface area contributed by atoms with E-state index in [2.05, 4.69) is 6.58 Å². The molecule has 0 N–H and O–H groups in total. The molecule has 0 radical (unpaired) electrons. The normalized spacial score (nSPS) is 10.4. The number of hydrogen-bond donors (Lipinski definition) is 0. The van der Waals surface area contributed by atoms with E-state index in [1.54, 1.807) is 0 Å². The average Bonchev–Trinajstić information content (AvgIpc) is 2.21. The smallest absolute Gasteiger partial charge is 0.0894 e. The van der Waals surface area contributed by atoms with Crippen LogP contribution in [0.25, 0.3) is 0 Å². The van der Waals surface area contributed by atoms with E-state index in [1.165, 1.54) is 44.9 Å². The number of unbranched alkanes of at least 4 members (excludes halogenated alkanes) is 9. The third-order valence-corrected chi connectivity index (χ3v) is 2.54. The number of halogens is 1. The fourth-order valence-corrected chi connectivity index (χ4v) is 1.62. The first-order valence-electron chi connectivity index (χ1n) is 6.08. The van der Waals surface area contributed by atoms with Gasteiger partial charge < -0.3 is 0 Å². The van der Waals surface area contributed by atoms with Crippen LogP contribution in [0.1, 0.15) is 64.2 Å². The van der Waals surface area contributed by atoms with Gasteiger partial charge in [-0.15, -0.1) is 6.58 Å². The summed E-state index contributed by atoms with van der Waals surface area (Å²) >= 11 is 0. The first kappa shape index (κ1) is 13.7. The predicted molar refractivity (Wildman–Crippen MR) is 62.3 cm³/mol. The maximum absolute atomic E-state index is 11.7. The van der Waals surface area contributed by atoms with E-state index in [0.717, 1.165) is 19.3 Å². The molecule has 0 aromatic heterocycles. The molecule has 0 rings (SSSR count). The molecule has 0 fully saturated rings. The Hall–Kier alpha value is -0.330. The minimum absolute atomic E-state index is 0.137. The third kappa shape index (κ3) is 11.7. The highest BCUT2D eigenvalue weighted by Crippen LogP contribution is 2.10. The van der Waals surface area contributed by atoms with Crippen molar-refractivity contribution in [3.05, 3.63) is 12.7 Å². The van der Waals surface area contributed by atoms with E-state index in [9.17, 15) is 4.39 Å². The number of hydrogen-bond acceptors (Lipinski definition) is 0. The van der Waals surface area contributed by atoms with E-state index >= 15 is 0 Å². The maximum Gasteiger partial charge on any atom is 0.0894 e. The molecular formula is C13H25F. The van der Waals surface area contributed by atoms with E-state index in [-0.39, 0.29) is 6.67 Å². The van der Waals surface area contributed by atoms with Crippen molar-refractivity contribution < 1.29 is 4.39 Å². The predicted octanol–water partition coefficient (Wildman–Crippen LogP) is 5.04. The standard InChI is InChI=1S/C13H25F/c1-2-3-4-5-6-7-8-9-10-11-12-13-14/h2H,1,3-13H2. The van der Waals surface area contributed by atoms with Crippen LogP contribution in [0.5, 0.6) is 0 Å². The van der Waals surface area contributed by atoms with Gasteiger partial charge in [-0.05, 0) is 19.3 Å². The van der Waals surface area contributed by atoms with Gasteiger partial charge in [-0.2, -0.15) is 0 Å². The summed E-state index contributed by atoms with van der Waals surface area (Å²) in [6, 6.07) is 0. The summed E-state index contributed by atoms with van der Waals surface area (Å²) in [6.45, 7) is 3.57. The number of allylic oxidation sites excluding steroid dienone is 1. The van der Waals surface area contributed by atoms with Crippen LogP contribution < -0.4 is 0 Å². The van der Waals surface area contributed by atoms with Crippen molar-refractivity contribution in [3.8, 4) is 0 Å². The number of rotatable bonds is 11. The van der Waals surface area contributed by atoms with Gasteiger partial charge in [-0.3, -0.25) is 4.39 Å². The molecule has 0 saturated carbocycles. The molecule has 0 spiro atoms. The molecule has 0 unspecified atom stereocenters. The van der Waals surface area contributed by atoms with E-state index < -0.39 is 0 Å². The molecule has 0 bridgehead atoms. The average molecular weight is 200 g/mol. The quantitative estimate of drug-likeness (QED) is 0.323. The summed E-state index contributed by atoms with van der Waals surface area (Å²) in [7, 11) is 0. The Labute approximate surface area is 88.6 Å². The largest absolute Gasteiger partial charge is 0.251 e. The molecule has 0 aliphatic heterocycles. The van der Waals surface area contributed by atoms with Crippen molar-refractivity contribution in [3.63, 3.8) is 0 Å². The SMILES string of the molecule is C=CCCCCCCCCCCCF. The minimum atomic E-state index is -0.137. The van der Waals surface area contributed by atoms with Gasteiger partial charge in [0.15, 0.2) is 0 Å². The molecule has 0 saturated heterocycles. The van der Waals surface area contributed by atoms with Crippen LogP contribution in [0.4, 0.5) is 4.39 Å². The third-order valence-electron chi connectivity index (χ3n) is 2.54. The zero-order chi connectivity index (χ0) is 10.5. The molecule has 0 atom stereocenters. The van der Waals surface area contributed by atoms with Crippen LogP contribution in [-0.4, -0.2) is 6.67 Å². The van der Waals surface area contributed by atoms with Gasteiger partial charge in [0, 0.05) is 0 Å². The Kier molecular flexibility index (Phi) is 12.4. The Morgan fingerprint density at radius 1 is 0.714 bits per heavy atom. The molecule has 84 valence electrons. The molecular weight excluding hydrogens is 175 g/mol. The van der Waals surface area contributed by atoms with Crippen molar-refractivity contribution >= 4 is 0 Å². The molecule has 0 nitrogen and oxygen atoms in total. The molecule has 0 aliphatic carbocycles. The maximum atomic E-state index is 11.7. The van der Waals surface area contributed by atoms with Crippen molar-refractivity contribution in [2.24, 2.45) is 0 Å². The summed E-state index contributed by atoms with van der Waals surface area (Å²) < 4.78 is 11.7. The van der Waals surface area contributed by atoms with Gasteiger partial charge in [-0.1, -0.05) is 51.0 Å². The summed E-state index contributed by atoms with van der Waals surface area (Å²) in [5.41, 5.74) is 0. The fourth-order valence-electron chi connectivity index (χ4n) is 1.62. The first-order chi connectivity index (χ1) is 6.91. The monoisotopic (exact) mass is 200 g/mol. The van der Waals surface area contributed by atoms with Gasteiger partial charge >= 0.3 is 0 Å². The Morgan fingerprint density at radius 2 is 1.14 bits per heavy atom. The van der Waals surface area contributed by atoms with Gasteiger partial charge in [0.1, 0.15) is 0 Å². The lowest BCUT2D eigenvalue weighted by Crippen LogP contribution is -1.82. The zero-order valence-corrected chi connectivity index (χ0v) is 9.44. The fraction of sp³-hybridized carbons (Fsp3) is 0.846. The van der Waals surface area contributed by atoms with E-state index in [1.807, 2.05) is 6.08 Å². The lowest BCUT2D eigenvalue weighted by atomic mass is 10.1. The van der Waals surface area contributed by atoms with Gasteiger partial charge in [0.2, 0.25) is 0 Å². The summed E-state index contributed by atoms with van der Waals surface area (Å²) in [4.78, 5) is 0. The van der Waals surface area contributed by atoms with E-state index in [0.29, 0.717) is 0 Å². The lowest BCUT2D eigenvalue weighted by molar-refractivity contribution is 0.449. The highest BCUT2D eigenvalue weighted by molar-refractivity contribution is 4.65. The second-order valence-corrected chi connectivity index (χ2v) is 3.95. The second kappa shape index (κ2) is 12.7. The zero-order valence-electron chi connectivity index (χ0n) is 9.44. The van der Waals surface area contributed by atoms with Crippen LogP contribution in [0.2, 0.25) is 0 Å². The topological polar surface area (TPSA) is 0 Å². The van der Waals surface area contributed by atoms with Crippen LogP contribution >= 0.6 is 0 Å². The Bertz CT molecular complexity index is 110. The molecule has 14 heavy (non-hydrogen) atoms.